The Morgan fingerprint density at radius 1 is 0.741 bits per heavy atom. The molecule has 0 saturated carbocycles. The summed E-state index contributed by atoms with van der Waals surface area (Å²) >= 11 is 0. The molecule has 1 fully saturated rings. The Kier molecular flexibility index (Phi) is 27.9. The minimum Gasteiger partial charge on any atom is -0.455 e. The van der Waals surface area contributed by atoms with Gasteiger partial charge >= 0.3 is 5.97 Å². The molecule has 2 aromatic rings. The molecule has 0 aromatic heterocycles. The lowest BCUT2D eigenvalue weighted by atomic mass is 9.89. The summed E-state index contributed by atoms with van der Waals surface area (Å²) in [6.45, 7) is 16.1. The molecule has 3 N–H and O–H groups in total. The van der Waals surface area contributed by atoms with Crippen molar-refractivity contribution in [2.24, 2.45) is 28.8 Å². The number of hydrogen-bond acceptors (Lipinski definition) is 13. The summed E-state index contributed by atoms with van der Waals surface area (Å²) in [6.07, 6.45) is 5.97. The largest absolute Gasteiger partial charge is 0.455 e. The van der Waals surface area contributed by atoms with E-state index in [9.17, 15) is 38.4 Å². The number of nitrogens with zero attached hydrogens (tertiary/aromatic N) is 5. The van der Waals surface area contributed by atoms with Crippen molar-refractivity contribution in [3.05, 3.63) is 83.9 Å². The number of likely N-dealkylation sites (tertiary alicyclic amines) is 1. The van der Waals surface area contributed by atoms with Gasteiger partial charge < -0.3 is 34.6 Å². The van der Waals surface area contributed by atoms with Gasteiger partial charge in [0.1, 0.15) is 12.1 Å². The highest BCUT2D eigenvalue weighted by Crippen LogP contribution is 2.31. The summed E-state index contributed by atoms with van der Waals surface area (Å²) in [5, 5.41) is 10.6. The first-order chi connectivity index (χ1) is 38.6. The Labute approximate surface area is 481 Å². The van der Waals surface area contributed by atoms with Gasteiger partial charge in [-0.1, -0.05) is 122 Å². The van der Waals surface area contributed by atoms with Crippen LogP contribution in [-0.4, -0.2) is 164 Å². The molecule has 2 aliphatic rings. The molecule has 0 aliphatic carbocycles. The van der Waals surface area contributed by atoms with E-state index < -0.39 is 60.4 Å². The number of carbonyl (C=O) groups is 8. The summed E-state index contributed by atoms with van der Waals surface area (Å²) in [6, 6.07) is 15.9. The molecule has 2 aliphatic heterocycles. The SMILES string of the molecule is CC[C@H](C)[C@@H]([C@@H](CC(=O)N1CCC[C@H]1[C@H](OC)[C@@H](C)C(=O)N[C@H](C)[C@@H](OC(=O)CCCC/C(=N/NC(=O)CCCCCN1C(=O)C=CC1=O)c1ccccc1)c1ccccc1)OC)N(C)C(=O)[C@@H](NC(=O)[C@H](C(C)C)N(C)C)C(C)C. The van der Waals surface area contributed by atoms with Crippen LogP contribution in [0.4, 0.5) is 0 Å². The van der Waals surface area contributed by atoms with E-state index in [2.05, 4.69) is 21.2 Å². The van der Waals surface area contributed by atoms with Crippen LogP contribution in [0.25, 0.3) is 0 Å². The molecular weight excluding hydrogens is 1030 g/mol. The number of benzene rings is 2. The van der Waals surface area contributed by atoms with Gasteiger partial charge in [-0.05, 0) is 94.8 Å². The van der Waals surface area contributed by atoms with Gasteiger partial charge in [-0.15, -0.1) is 0 Å². The van der Waals surface area contributed by atoms with Crippen molar-refractivity contribution in [2.75, 3.05) is 48.5 Å². The van der Waals surface area contributed by atoms with E-state index in [-0.39, 0.29) is 78.4 Å². The van der Waals surface area contributed by atoms with Crippen LogP contribution in [0.5, 0.6) is 0 Å². The van der Waals surface area contributed by atoms with E-state index in [0.29, 0.717) is 82.2 Å². The van der Waals surface area contributed by atoms with Crippen molar-refractivity contribution in [3.63, 3.8) is 0 Å². The van der Waals surface area contributed by atoms with Crippen molar-refractivity contribution in [2.45, 2.75) is 181 Å². The van der Waals surface area contributed by atoms with Gasteiger partial charge in [0.05, 0.1) is 54.4 Å². The molecule has 10 atom stereocenters. The molecule has 2 heterocycles. The number of imide groups is 1. The van der Waals surface area contributed by atoms with Crippen LogP contribution in [0.15, 0.2) is 77.9 Å². The van der Waals surface area contributed by atoms with Crippen molar-refractivity contribution in [1.82, 2.24) is 35.7 Å². The highest BCUT2D eigenvalue weighted by Gasteiger charge is 2.44. The van der Waals surface area contributed by atoms with Gasteiger partial charge in [-0.25, -0.2) is 5.43 Å². The fraction of sp³-hybridized carbons (Fsp3) is 0.629. The zero-order valence-corrected chi connectivity index (χ0v) is 50.5. The highest BCUT2D eigenvalue weighted by molar-refractivity contribution is 6.12. The Hall–Kier alpha value is -6.31. The highest BCUT2D eigenvalue weighted by atomic mass is 16.5. The molecule has 4 rings (SSSR count). The first-order valence-electron chi connectivity index (χ1n) is 29.1. The summed E-state index contributed by atoms with van der Waals surface area (Å²) in [5.74, 6) is -3.32. The number of nitrogens with one attached hydrogen (secondary N) is 3. The summed E-state index contributed by atoms with van der Waals surface area (Å²) < 4.78 is 18.3. The van der Waals surface area contributed by atoms with Crippen molar-refractivity contribution in [3.8, 4) is 0 Å². The molecule has 2 aromatic carbocycles. The van der Waals surface area contributed by atoms with E-state index in [1.54, 1.807) is 37.8 Å². The van der Waals surface area contributed by atoms with Crippen LogP contribution < -0.4 is 16.1 Å². The number of likely N-dealkylation sites (N-methyl/N-ethyl adjacent to an activating group) is 2. The van der Waals surface area contributed by atoms with E-state index in [4.69, 9.17) is 14.2 Å². The van der Waals surface area contributed by atoms with Crippen LogP contribution in [0.3, 0.4) is 0 Å². The number of methoxy groups -OCH3 is 2. The van der Waals surface area contributed by atoms with Gasteiger partial charge in [-0.2, -0.15) is 5.10 Å². The summed E-state index contributed by atoms with van der Waals surface area (Å²) in [5.41, 5.74) is 4.87. The number of carbonyl (C=O) groups excluding carboxylic acids is 8. The minimum atomic E-state index is -0.823. The number of rotatable bonds is 34. The molecule has 1 saturated heterocycles. The molecule has 0 spiro atoms. The lowest BCUT2D eigenvalue weighted by Crippen LogP contribution is -2.59. The topological polar surface area (TPSA) is 226 Å². The molecule has 19 heteroatoms. The van der Waals surface area contributed by atoms with Gasteiger partial charge in [0.25, 0.3) is 11.8 Å². The second-order valence-electron chi connectivity index (χ2n) is 22.7. The zero-order valence-electron chi connectivity index (χ0n) is 50.5. The normalized spacial score (nSPS) is 18.0. The fourth-order valence-electron chi connectivity index (χ4n) is 11.2. The number of esters is 1. The van der Waals surface area contributed by atoms with Gasteiger partial charge in [0, 0.05) is 59.4 Å². The van der Waals surface area contributed by atoms with Crippen LogP contribution in [0.2, 0.25) is 0 Å². The predicted molar refractivity (Wildman–Crippen MR) is 312 cm³/mol. The first-order valence-corrected chi connectivity index (χ1v) is 29.1. The number of unbranched alkanes of at least 4 members (excludes halogenated alkanes) is 3. The molecule has 0 unspecified atom stereocenters. The smallest absolute Gasteiger partial charge is 0.306 e. The third-order valence-corrected chi connectivity index (χ3v) is 15.8. The molecule has 81 heavy (non-hydrogen) atoms. The lowest BCUT2D eigenvalue weighted by molar-refractivity contribution is -0.152. The molecule has 0 radical (unpaired) electrons. The van der Waals surface area contributed by atoms with Crippen molar-refractivity contribution in [1.29, 1.82) is 0 Å². The average Bonchev–Trinajstić information content (AvgIpc) is 4.11. The Bertz CT molecular complexity index is 2410. The third-order valence-electron chi connectivity index (χ3n) is 15.8. The Balaban J connectivity index is 1.37. The third kappa shape index (κ3) is 19.7. The maximum absolute atomic E-state index is 14.5. The number of hydrazone groups is 1. The van der Waals surface area contributed by atoms with Crippen LogP contribution in [0, 0.1) is 23.7 Å². The molecule has 19 nitrogen and oxygen atoms in total. The second kappa shape index (κ2) is 33.6. The maximum atomic E-state index is 14.5. The van der Waals surface area contributed by atoms with Crippen LogP contribution in [0.1, 0.15) is 150 Å². The van der Waals surface area contributed by atoms with E-state index in [1.165, 1.54) is 24.2 Å². The van der Waals surface area contributed by atoms with Gasteiger partial charge in [0.2, 0.25) is 29.5 Å². The monoisotopic (exact) mass is 1130 g/mol. The van der Waals surface area contributed by atoms with E-state index in [0.717, 1.165) is 5.56 Å². The number of ether oxygens (including phenoxy) is 3. The lowest BCUT2D eigenvalue weighted by Gasteiger charge is -2.41. The molecule has 448 valence electrons. The zero-order chi connectivity index (χ0) is 59.9. The number of amides is 7. The van der Waals surface area contributed by atoms with E-state index >= 15 is 0 Å². The van der Waals surface area contributed by atoms with E-state index in [1.807, 2.05) is 121 Å². The van der Waals surface area contributed by atoms with Crippen LogP contribution in [-0.2, 0) is 52.6 Å². The minimum absolute atomic E-state index is 0.0151. The molecular formula is C62H94N8O11. The van der Waals surface area contributed by atoms with Crippen LogP contribution >= 0.6 is 0 Å². The Morgan fingerprint density at radius 3 is 1.94 bits per heavy atom. The van der Waals surface area contributed by atoms with Crippen molar-refractivity contribution < 1.29 is 52.6 Å². The Morgan fingerprint density at radius 2 is 1.36 bits per heavy atom. The van der Waals surface area contributed by atoms with Crippen molar-refractivity contribution >= 4 is 53.0 Å². The second-order valence-corrected chi connectivity index (χ2v) is 22.7. The fourth-order valence-corrected chi connectivity index (χ4v) is 11.2. The quantitative estimate of drug-likeness (QED) is 0.0212. The van der Waals surface area contributed by atoms with Gasteiger partial charge in [0.15, 0.2) is 0 Å². The average molecular weight is 1130 g/mol. The standard InChI is InChI=1S/C62H94N8O11/c1-14-42(6)57(68(11)62(78)55(40(2)3)64-61(77)56(41(4)5)67(9)10)49(79-12)39-53(74)69-38-26-32-48(69)58(80-13)43(7)60(76)63-44(8)59(46-29-20-16-21-30-46)81-54(75)34-24-23-31-47(45-27-18-15-19-28-45)65-66-50(71)33-22-17-25-37-70-51(72)35-36-52(70)73/h15-16,18-21,27-30,35-36,40-44,48-49,55-59H,14,17,22-26,31-34,37-39H2,1-13H3,(H,63,76)(H,64,77)(H,66,71)/b65-47-/t42-,43+,44+,48-,49+,55-,56-,57-,58+,59+/m0/s1. The first kappa shape index (κ1) is 67.2. The van der Waals surface area contributed by atoms with Gasteiger partial charge in [-0.3, -0.25) is 48.2 Å². The summed E-state index contributed by atoms with van der Waals surface area (Å²) in [4.78, 5) is 113. The maximum Gasteiger partial charge on any atom is 0.306 e. The number of hydrogen-bond donors (Lipinski definition) is 3. The predicted octanol–water partition coefficient (Wildman–Crippen LogP) is 6.99. The summed E-state index contributed by atoms with van der Waals surface area (Å²) in [7, 11) is 8.50. The molecule has 0 bridgehead atoms. The molecule has 7 amide bonds.